The van der Waals surface area contributed by atoms with Gasteiger partial charge in [-0.25, -0.2) is 4.98 Å². The number of aryl methyl sites for hydroxylation is 2. The largest absolute Gasteiger partial charge is 0.509 e. The number of aromatic nitrogens is 2. The molecule has 3 aliphatic heterocycles. The minimum absolute atomic E-state index is 0. The van der Waals surface area contributed by atoms with Crippen LogP contribution in [0.25, 0.3) is 27.6 Å². The van der Waals surface area contributed by atoms with Crippen LogP contribution in [0.2, 0.25) is 0 Å². The van der Waals surface area contributed by atoms with Gasteiger partial charge in [0.1, 0.15) is 5.82 Å². The van der Waals surface area contributed by atoms with Crippen LogP contribution in [0, 0.1) is 32.6 Å². The van der Waals surface area contributed by atoms with Gasteiger partial charge in [-0.15, -0.1) is 29.7 Å². The summed E-state index contributed by atoms with van der Waals surface area (Å²) in [4.78, 5) is 4.80. The first kappa shape index (κ1) is 29.0. The number of hydrogen-bond donors (Lipinski definition) is 0. The Labute approximate surface area is 273 Å². The first-order valence-electron chi connectivity index (χ1n) is 14.9. The van der Waals surface area contributed by atoms with Crippen molar-refractivity contribution >= 4 is 38.9 Å². The van der Waals surface area contributed by atoms with Crippen molar-refractivity contribution in [3.05, 3.63) is 121 Å². The average Bonchev–Trinajstić information content (AvgIpc) is 3.51. The van der Waals surface area contributed by atoms with E-state index in [9.17, 15) is 0 Å². The van der Waals surface area contributed by atoms with Crippen molar-refractivity contribution in [3.63, 3.8) is 0 Å². The Morgan fingerprint density at radius 3 is 2.34 bits per heavy atom. The van der Waals surface area contributed by atoms with Crippen LogP contribution in [0.1, 0.15) is 37.5 Å². The quantitative estimate of drug-likeness (QED) is 0.133. The molecule has 0 N–H and O–H groups in total. The molecule has 0 aliphatic carbocycles. The van der Waals surface area contributed by atoms with E-state index in [1.54, 1.807) is 0 Å². The molecule has 0 amide bonds. The van der Waals surface area contributed by atoms with Crippen molar-refractivity contribution in [1.82, 2.24) is 18.5 Å². The Kier molecular flexibility index (Phi) is 6.50. The van der Waals surface area contributed by atoms with E-state index in [-0.39, 0.29) is 26.5 Å². The van der Waals surface area contributed by atoms with E-state index >= 15 is 0 Å². The van der Waals surface area contributed by atoms with Gasteiger partial charge < -0.3 is 18.3 Å². The van der Waals surface area contributed by atoms with Gasteiger partial charge in [-0.05, 0) is 59.5 Å². The Morgan fingerprint density at radius 2 is 1.57 bits per heavy atom. The van der Waals surface area contributed by atoms with Gasteiger partial charge in [0.15, 0.2) is 18.0 Å². The minimum atomic E-state index is 0. The van der Waals surface area contributed by atoms with Gasteiger partial charge in [0.25, 0.3) is 0 Å². The topological polar surface area (TPSA) is 27.1 Å². The van der Waals surface area contributed by atoms with Gasteiger partial charge >= 0.3 is 0 Å². The van der Waals surface area contributed by atoms with E-state index in [1.165, 1.54) is 33.5 Å². The average molecular weight is 759 g/mol. The number of benzene rings is 4. The molecular weight excluding hydrogens is 724 g/mol. The monoisotopic (exact) mass is 758 g/mol. The summed E-state index contributed by atoms with van der Waals surface area (Å²) in [5.41, 5.74) is 9.75. The standard InChI is InChI=1S/C38H35N4O.Pt/c1-25-18-35-36(19-26(25)2)42(23-41(35,6)24-42)28-10-9-11-29(21-28)43-30-14-15-32-31-12-7-8-13-33(31)40(34(32)22-30)37-20-27(16-17-39-37)38(3,4)5;/h7-20,23H,24H2,1-6H3;/q-1;/t41-,42+;/m0./s1. The molecule has 5 heterocycles. The molecule has 2 atom stereocenters. The van der Waals surface area contributed by atoms with Crippen LogP contribution < -0.4 is 13.7 Å². The van der Waals surface area contributed by atoms with Crippen LogP contribution >= 0.6 is 0 Å². The first-order chi connectivity index (χ1) is 20.6. The Bertz CT molecular complexity index is 2100. The molecule has 1 saturated heterocycles. The van der Waals surface area contributed by atoms with Crippen molar-refractivity contribution in [2.45, 2.75) is 40.0 Å². The predicted octanol–water partition coefficient (Wildman–Crippen LogP) is 9.16. The van der Waals surface area contributed by atoms with Gasteiger partial charge in [-0.3, -0.25) is 0 Å². The molecule has 224 valence electrons. The van der Waals surface area contributed by atoms with E-state index in [2.05, 4.69) is 132 Å². The molecule has 0 radical (unpaired) electrons. The molecule has 6 heteroatoms. The maximum atomic E-state index is 6.50. The molecule has 6 aromatic rings. The smallest absolute Gasteiger partial charge is 0.179 e. The van der Waals surface area contributed by atoms with Gasteiger partial charge in [-0.1, -0.05) is 50.6 Å². The van der Waals surface area contributed by atoms with E-state index < -0.39 is 0 Å². The maximum absolute atomic E-state index is 6.50. The van der Waals surface area contributed by atoms with Crippen LogP contribution in [-0.2, 0) is 26.5 Å². The number of ether oxygens (including phenoxy) is 1. The van der Waals surface area contributed by atoms with Gasteiger partial charge in [-0.2, -0.15) is 12.1 Å². The van der Waals surface area contributed by atoms with Crippen molar-refractivity contribution in [1.29, 1.82) is 0 Å². The van der Waals surface area contributed by atoms with Crippen molar-refractivity contribution < 1.29 is 25.8 Å². The third-order valence-corrected chi connectivity index (χ3v) is 9.34. The number of rotatable bonds is 4. The summed E-state index contributed by atoms with van der Waals surface area (Å²) < 4.78 is 10.2. The number of pyridine rings is 1. The van der Waals surface area contributed by atoms with Gasteiger partial charge in [0.05, 0.1) is 13.7 Å². The van der Waals surface area contributed by atoms with E-state index in [1.807, 2.05) is 18.3 Å². The SMILES string of the molecule is Cc1cc2c(cc1C)[N@@+]1(C)[CH-][N@+]2(c2[c-]c(Oc3[c-]c4c(cc3)c3ccccc3n4-c3cc(C(C)(C)C)ccn3)ccc2)C1.[Pt]. The molecule has 4 aromatic carbocycles. The van der Waals surface area contributed by atoms with Crippen LogP contribution in [0.15, 0.2) is 85.1 Å². The summed E-state index contributed by atoms with van der Waals surface area (Å²) in [6, 6.07) is 35.0. The number of para-hydroxylation sites is 1. The third-order valence-electron chi connectivity index (χ3n) is 9.34. The van der Waals surface area contributed by atoms with Crippen LogP contribution in [0.5, 0.6) is 11.5 Å². The zero-order valence-electron chi connectivity index (χ0n) is 25.9. The first-order valence-corrected chi connectivity index (χ1v) is 14.9. The molecule has 9 rings (SSSR count). The van der Waals surface area contributed by atoms with Crippen molar-refractivity contribution in [2.24, 2.45) is 0 Å². The van der Waals surface area contributed by atoms with E-state index in [0.717, 1.165) is 39.1 Å². The summed E-state index contributed by atoms with van der Waals surface area (Å²) >= 11 is 0. The number of hydrogen-bond acceptors (Lipinski definition) is 2. The Balaban J connectivity index is 0.00000312. The molecule has 5 nitrogen and oxygen atoms in total. The Morgan fingerprint density at radius 1 is 0.841 bits per heavy atom. The van der Waals surface area contributed by atoms with Crippen LogP contribution in [0.4, 0.5) is 17.1 Å². The molecule has 2 aromatic heterocycles. The van der Waals surface area contributed by atoms with E-state index in [4.69, 9.17) is 9.72 Å². The molecule has 0 spiro atoms. The molecule has 2 bridgehead atoms. The van der Waals surface area contributed by atoms with E-state index in [0.29, 0.717) is 16.0 Å². The number of fused-ring (bicyclic) bond motifs is 3. The fourth-order valence-electron chi connectivity index (χ4n) is 6.96. The fraction of sp³-hybridized carbons (Fsp3) is 0.211. The summed E-state index contributed by atoms with van der Waals surface area (Å²) in [5, 5.41) is 2.29. The van der Waals surface area contributed by atoms with Gasteiger partial charge in [0.2, 0.25) is 0 Å². The molecule has 1 fully saturated rings. The van der Waals surface area contributed by atoms with Crippen LogP contribution in [-0.4, -0.2) is 23.3 Å². The zero-order valence-corrected chi connectivity index (χ0v) is 28.2. The summed E-state index contributed by atoms with van der Waals surface area (Å²) in [6.45, 7) is 14.4. The second-order valence-electron chi connectivity index (χ2n) is 13.4. The Hall–Kier alpha value is -3.76. The minimum Gasteiger partial charge on any atom is -0.509 e. The molecule has 0 saturated carbocycles. The summed E-state index contributed by atoms with van der Waals surface area (Å²) in [6.07, 6.45) is 1.90. The zero-order chi connectivity index (χ0) is 29.7. The van der Waals surface area contributed by atoms with Crippen molar-refractivity contribution in [3.8, 4) is 17.3 Å². The molecule has 44 heavy (non-hydrogen) atoms. The van der Waals surface area contributed by atoms with Crippen molar-refractivity contribution in [2.75, 3.05) is 13.7 Å². The number of quaternary nitrogens is 2. The fourth-order valence-corrected chi connectivity index (χ4v) is 6.96. The third kappa shape index (κ3) is 4.21. The molecule has 3 aliphatic rings. The number of nitrogens with zero attached hydrogens (tertiary/aromatic N) is 4. The summed E-state index contributed by atoms with van der Waals surface area (Å²) in [5.74, 6) is 2.21. The second-order valence-corrected chi connectivity index (χ2v) is 13.4. The molecule has 0 unspecified atom stereocenters. The van der Waals surface area contributed by atoms with Crippen LogP contribution in [0.3, 0.4) is 0 Å². The predicted molar refractivity (Wildman–Crippen MR) is 176 cm³/mol. The summed E-state index contributed by atoms with van der Waals surface area (Å²) in [7, 11) is 2.28. The maximum Gasteiger partial charge on any atom is 0.179 e. The molecular formula is C38H35N4OPt-. The second kappa shape index (κ2) is 9.87. The normalized spacial score (nSPS) is 20.3. The van der Waals surface area contributed by atoms with Gasteiger partial charge in [0, 0.05) is 62.1 Å².